The van der Waals surface area contributed by atoms with E-state index in [-0.39, 0.29) is 12.5 Å². The number of aryl methyl sites for hydroxylation is 1. The van der Waals surface area contributed by atoms with Gasteiger partial charge in [-0.15, -0.1) is 0 Å². The van der Waals surface area contributed by atoms with Gasteiger partial charge in [-0.2, -0.15) is 0 Å². The highest BCUT2D eigenvalue weighted by atomic mass is 79.9. The van der Waals surface area contributed by atoms with Crippen molar-refractivity contribution in [1.82, 2.24) is 10.3 Å². The van der Waals surface area contributed by atoms with Crippen LogP contribution < -0.4 is 5.32 Å². The first-order valence-corrected chi connectivity index (χ1v) is 7.57. The monoisotopic (exact) mass is 346 g/mol. The summed E-state index contributed by atoms with van der Waals surface area (Å²) in [6.45, 7) is 0.204. The molecule has 2 aromatic rings. The first kappa shape index (κ1) is 14.2. The molecule has 2 N–H and O–H groups in total. The van der Waals surface area contributed by atoms with Crippen molar-refractivity contribution in [3.63, 3.8) is 0 Å². The van der Waals surface area contributed by atoms with Crippen LogP contribution in [-0.2, 0) is 12.0 Å². The van der Waals surface area contributed by atoms with Crippen molar-refractivity contribution >= 4 is 21.8 Å². The SMILES string of the molecule is O=C(NC[C@]1(O)CCc2ccccc21)c1cncc(Br)c1. The maximum atomic E-state index is 12.1. The van der Waals surface area contributed by atoms with Gasteiger partial charge >= 0.3 is 0 Å². The van der Waals surface area contributed by atoms with Crippen molar-refractivity contribution in [2.24, 2.45) is 0 Å². The molecule has 1 aromatic carbocycles. The number of aliphatic hydroxyl groups is 1. The maximum Gasteiger partial charge on any atom is 0.252 e. The van der Waals surface area contributed by atoms with E-state index in [0.29, 0.717) is 12.0 Å². The van der Waals surface area contributed by atoms with Crippen LogP contribution in [-0.4, -0.2) is 22.5 Å². The second kappa shape index (κ2) is 5.58. The molecule has 108 valence electrons. The molecule has 0 fully saturated rings. The number of pyridine rings is 1. The van der Waals surface area contributed by atoms with Crippen LogP contribution in [0.15, 0.2) is 47.2 Å². The molecule has 0 radical (unpaired) electrons. The van der Waals surface area contributed by atoms with E-state index >= 15 is 0 Å². The lowest BCUT2D eigenvalue weighted by Gasteiger charge is -2.24. The van der Waals surface area contributed by atoms with Crippen LogP contribution in [0.25, 0.3) is 0 Å². The minimum Gasteiger partial charge on any atom is -0.383 e. The molecule has 0 bridgehead atoms. The van der Waals surface area contributed by atoms with Gasteiger partial charge in [0, 0.05) is 16.9 Å². The Hall–Kier alpha value is -1.72. The second-order valence-corrected chi connectivity index (χ2v) is 6.18. The Balaban J connectivity index is 1.72. The Morgan fingerprint density at radius 1 is 1.38 bits per heavy atom. The maximum absolute atomic E-state index is 12.1. The third-order valence-corrected chi connectivity index (χ3v) is 4.27. The molecule has 3 rings (SSSR count). The van der Waals surface area contributed by atoms with Crippen LogP contribution in [0.5, 0.6) is 0 Å². The molecular formula is C16H15BrN2O2. The number of nitrogens with one attached hydrogen (secondary N) is 1. The summed E-state index contributed by atoms with van der Waals surface area (Å²) in [5.74, 6) is -0.235. The lowest BCUT2D eigenvalue weighted by molar-refractivity contribution is 0.0369. The third-order valence-electron chi connectivity index (χ3n) is 3.84. The molecule has 1 amide bonds. The highest BCUT2D eigenvalue weighted by Crippen LogP contribution is 2.36. The summed E-state index contributed by atoms with van der Waals surface area (Å²) in [5.41, 5.74) is 1.56. The highest BCUT2D eigenvalue weighted by molar-refractivity contribution is 9.10. The van der Waals surface area contributed by atoms with Gasteiger partial charge in [-0.1, -0.05) is 24.3 Å². The highest BCUT2D eigenvalue weighted by Gasteiger charge is 2.36. The van der Waals surface area contributed by atoms with Crippen molar-refractivity contribution in [2.75, 3.05) is 6.54 Å². The summed E-state index contributed by atoms with van der Waals surface area (Å²) < 4.78 is 0.750. The van der Waals surface area contributed by atoms with E-state index in [2.05, 4.69) is 26.2 Å². The fraction of sp³-hybridized carbons (Fsp3) is 0.250. The van der Waals surface area contributed by atoms with E-state index in [0.717, 1.165) is 22.0 Å². The fourth-order valence-electron chi connectivity index (χ4n) is 2.72. The predicted octanol–water partition coefficient (Wildman–Crippen LogP) is 2.41. The average Bonchev–Trinajstić information content (AvgIpc) is 2.83. The lowest BCUT2D eigenvalue weighted by atomic mass is 9.96. The van der Waals surface area contributed by atoms with Gasteiger partial charge in [0.15, 0.2) is 0 Å². The number of benzene rings is 1. The second-order valence-electron chi connectivity index (χ2n) is 5.26. The average molecular weight is 347 g/mol. The first-order valence-electron chi connectivity index (χ1n) is 6.78. The fourth-order valence-corrected chi connectivity index (χ4v) is 3.08. The van der Waals surface area contributed by atoms with Crippen LogP contribution in [0.2, 0.25) is 0 Å². The predicted molar refractivity (Wildman–Crippen MR) is 82.9 cm³/mol. The van der Waals surface area contributed by atoms with Crippen molar-refractivity contribution in [3.8, 4) is 0 Å². The smallest absolute Gasteiger partial charge is 0.252 e. The van der Waals surface area contributed by atoms with Crippen molar-refractivity contribution in [1.29, 1.82) is 0 Å². The normalized spacial score (nSPS) is 20.1. The van der Waals surface area contributed by atoms with Crippen LogP contribution in [0, 0.1) is 0 Å². The molecule has 1 heterocycles. The van der Waals surface area contributed by atoms with Crippen LogP contribution in [0.1, 0.15) is 27.9 Å². The summed E-state index contributed by atoms with van der Waals surface area (Å²) in [4.78, 5) is 16.1. The summed E-state index contributed by atoms with van der Waals surface area (Å²) in [7, 11) is 0. The molecule has 0 aliphatic heterocycles. The molecule has 0 unspecified atom stereocenters. The van der Waals surface area contributed by atoms with Crippen LogP contribution in [0.4, 0.5) is 0 Å². The Labute approximate surface area is 131 Å². The molecule has 1 aromatic heterocycles. The zero-order valence-corrected chi connectivity index (χ0v) is 12.9. The molecule has 0 spiro atoms. The molecule has 5 heteroatoms. The van der Waals surface area contributed by atoms with Gasteiger partial charge in [0.2, 0.25) is 0 Å². The standard InChI is InChI=1S/C16H15BrN2O2/c17-13-7-12(8-18-9-13)15(20)19-10-16(21)6-5-11-3-1-2-4-14(11)16/h1-4,7-9,21H,5-6,10H2,(H,19,20)/t16-/m1/s1. The third kappa shape index (κ3) is 2.84. The van der Waals surface area contributed by atoms with Gasteiger partial charge < -0.3 is 10.4 Å². The molecule has 1 atom stereocenters. The largest absolute Gasteiger partial charge is 0.383 e. The number of halogens is 1. The molecule has 21 heavy (non-hydrogen) atoms. The quantitative estimate of drug-likeness (QED) is 0.896. The van der Waals surface area contributed by atoms with Gasteiger partial charge in [-0.05, 0) is 46.0 Å². The zero-order valence-electron chi connectivity index (χ0n) is 11.3. The van der Waals surface area contributed by atoms with Crippen molar-refractivity contribution < 1.29 is 9.90 Å². The van der Waals surface area contributed by atoms with E-state index in [1.54, 1.807) is 12.3 Å². The molecule has 1 aliphatic carbocycles. The minimum absolute atomic E-state index is 0.204. The number of carbonyl (C=O) groups excluding carboxylic acids is 1. The Kier molecular flexibility index (Phi) is 3.78. The molecule has 4 nitrogen and oxygen atoms in total. The topological polar surface area (TPSA) is 62.2 Å². The number of hydrogen-bond acceptors (Lipinski definition) is 3. The summed E-state index contributed by atoms with van der Waals surface area (Å²) in [6, 6.07) is 9.53. The van der Waals surface area contributed by atoms with Gasteiger partial charge in [-0.3, -0.25) is 9.78 Å². The van der Waals surface area contributed by atoms with E-state index in [1.165, 1.54) is 6.20 Å². The lowest BCUT2D eigenvalue weighted by Crippen LogP contribution is -2.39. The number of amides is 1. The summed E-state index contributed by atoms with van der Waals surface area (Å²) >= 11 is 3.29. The van der Waals surface area contributed by atoms with Crippen LogP contribution >= 0.6 is 15.9 Å². The van der Waals surface area contributed by atoms with Crippen molar-refractivity contribution in [3.05, 3.63) is 63.9 Å². The Morgan fingerprint density at radius 2 is 2.19 bits per heavy atom. The van der Waals surface area contributed by atoms with Crippen molar-refractivity contribution in [2.45, 2.75) is 18.4 Å². The molecule has 0 saturated heterocycles. The zero-order chi connectivity index (χ0) is 14.9. The van der Waals surface area contributed by atoms with E-state index in [1.807, 2.05) is 24.3 Å². The van der Waals surface area contributed by atoms with Crippen LogP contribution in [0.3, 0.4) is 0 Å². The minimum atomic E-state index is -0.980. The van der Waals surface area contributed by atoms with E-state index in [9.17, 15) is 9.90 Å². The van der Waals surface area contributed by atoms with E-state index in [4.69, 9.17) is 0 Å². The number of rotatable bonds is 3. The molecule has 1 aliphatic rings. The number of nitrogens with zero attached hydrogens (tertiary/aromatic N) is 1. The van der Waals surface area contributed by atoms with E-state index < -0.39 is 5.60 Å². The number of carbonyl (C=O) groups is 1. The first-order chi connectivity index (χ1) is 10.1. The molecule has 0 saturated carbocycles. The van der Waals surface area contributed by atoms with Gasteiger partial charge in [0.25, 0.3) is 5.91 Å². The summed E-state index contributed by atoms with van der Waals surface area (Å²) in [5, 5.41) is 13.6. The summed E-state index contributed by atoms with van der Waals surface area (Å²) in [6.07, 6.45) is 4.59. The Morgan fingerprint density at radius 3 is 3.00 bits per heavy atom. The number of fused-ring (bicyclic) bond motifs is 1. The Bertz CT molecular complexity index is 689. The van der Waals surface area contributed by atoms with Gasteiger partial charge in [-0.25, -0.2) is 0 Å². The number of hydrogen-bond donors (Lipinski definition) is 2. The number of aromatic nitrogens is 1. The van der Waals surface area contributed by atoms with Gasteiger partial charge in [0.05, 0.1) is 12.1 Å². The van der Waals surface area contributed by atoms with Gasteiger partial charge in [0.1, 0.15) is 5.60 Å². The molecular weight excluding hydrogens is 332 g/mol.